The van der Waals surface area contributed by atoms with Crippen LogP contribution in [0.2, 0.25) is 0 Å². The van der Waals surface area contributed by atoms with Crippen LogP contribution in [0.5, 0.6) is 5.75 Å². The quantitative estimate of drug-likeness (QED) is 0.363. The number of hydrogen-bond donors (Lipinski definition) is 4. The minimum absolute atomic E-state index is 0.0280. The second kappa shape index (κ2) is 12.9. The second-order valence-corrected chi connectivity index (χ2v) is 12.1. The maximum Gasteiger partial charge on any atom is 0.255 e. The lowest BCUT2D eigenvalue weighted by molar-refractivity contribution is -0.133. The summed E-state index contributed by atoms with van der Waals surface area (Å²) in [5.74, 6) is 0.0770. The summed E-state index contributed by atoms with van der Waals surface area (Å²) in [4.78, 5) is 33.5. The van der Waals surface area contributed by atoms with Gasteiger partial charge in [-0.15, -0.1) is 11.3 Å². The average molecular weight is 593 g/mol. The molecule has 42 heavy (non-hydrogen) atoms. The van der Waals surface area contributed by atoms with Crippen molar-refractivity contribution in [2.24, 2.45) is 0 Å². The van der Waals surface area contributed by atoms with Crippen LogP contribution >= 0.6 is 11.3 Å². The van der Waals surface area contributed by atoms with Crippen molar-refractivity contribution in [3.63, 3.8) is 0 Å². The lowest BCUT2D eigenvalue weighted by Gasteiger charge is -2.34. The molecule has 3 aliphatic rings. The molecule has 2 saturated heterocycles. The van der Waals surface area contributed by atoms with Gasteiger partial charge in [-0.05, 0) is 48.1 Å². The highest BCUT2D eigenvalue weighted by Gasteiger charge is 2.39. The monoisotopic (exact) mass is 592 g/mol. The van der Waals surface area contributed by atoms with Gasteiger partial charge in [0.25, 0.3) is 5.91 Å². The van der Waals surface area contributed by atoms with Crippen molar-refractivity contribution in [1.82, 2.24) is 20.5 Å². The smallest absolute Gasteiger partial charge is 0.255 e. The van der Waals surface area contributed by atoms with Crippen molar-refractivity contribution in [2.45, 2.75) is 69.2 Å². The highest BCUT2D eigenvalue weighted by molar-refractivity contribution is 7.09. The molecule has 5 atom stereocenters. The molecular formula is C31H36N4O6S. The van der Waals surface area contributed by atoms with Crippen LogP contribution < -0.4 is 15.4 Å². The van der Waals surface area contributed by atoms with Crippen molar-refractivity contribution in [3.8, 4) is 16.9 Å². The van der Waals surface area contributed by atoms with Gasteiger partial charge in [0.05, 0.1) is 43.6 Å². The average Bonchev–Trinajstić information content (AvgIpc) is 3.66. The van der Waals surface area contributed by atoms with E-state index in [-0.39, 0.29) is 37.1 Å². The predicted octanol–water partition coefficient (Wildman–Crippen LogP) is 2.48. The number of fused-ring (bicyclic) bond motifs is 5. The lowest BCUT2D eigenvalue weighted by Crippen LogP contribution is -2.50. The summed E-state index contributed by atoms with van der Waals surface area (Å²) in [6.45, 7) is 1.53. The SMILES string of the molecule is O=C1N[C@H]2C[C@@H](C(=O)NC[C@H]3O[C@H](CCOc4cc(-c5ccc(CO)cc5)ccc41)CC[C@@H]3O)N(Cc1nccs1)C2. The molecule has 0 saturated carbocycles. The molecule has 4 bridgehead atoms. The molecule has 2 amide bonds. The van der Waals surface area contributed by atoms with Gasteiger partial charge in [0.15, 0.2) is 0 Å². The molecule has 10 nitrogen and oxygen atoms in total. The Kier molecular flexibility index (Phi) is 8.82. The van der Waals surface area contributed by atoms with Crippen molar-refractivity contribution in [2.75, 3.05) is 19.7 Å². The van der Waals surface area contributed by atoms with E-state index in [1.165, 1.54) is 11.3 Å². The second-order valence-electron chi connectivity index (χ2n) is 11.2. The summed E-state index contributed by atoms with van der Waals surface area (Å²) in [5.41, 5.74) is 3.09. The van der Waals surface area contributed by atoms with Crippen LogP contribution in [-0.4, -0.2) is 82.0 Å². The van der Waals surface area contributed by atoms with Gasteiger partial charge in [-0.2, -0.15) is 0 Å². The van der Waals surface area contributed by atoms with Gasteiger partial charge < -0.3 is 30.3 Å². The summed E-state index contributed by atoms with van der Waals surface area (Å²) in [7, 11) is 0. The first-order valence-corrected chi connectivity index (χ1v) is 15.4. The van der Waals surface area contributed by atoms with Gasteiger partial charge in [0.2, 0.25) is 5.91 Å². The molecule has 0 spiro atoms. The molecule has 2 fully saturated rings. The Bertz CT molecular complexity index is 1380. The maximum atomic E-state index is 13.6. The topological polar surface area (TPSA) is 133 Å². The molecule has 222 valence electrons. The van der Waals surface area contributed by atoms with E-state index in [1.54, 1.807) is 12.3 Å². The van der Waals surface area contributed by atoms with E-state index in [9.17, 15) is 19.8 Å². The number of thiazole rings is 1. The van der Waals surface area contributed by atoms with Gasteiger partial charge in [-0.1, -0.05) is 30.3 Å². The van der Waals surface area contributed by atoms with E-state index < -0.39 is 18.2 Å². The Hall–Kier alpha value is -3.35. The molecule has 3 aromatic rings. The summed E-state index contributed by atoms with van der Waals surface area (Å²) in [6.07, 6.45) is 2.77. The van der Waals surface area contributed by atoms with E-state index >= 15 is 0 Å². The van der Waals surface area contributed by atoms with Gasteiger partial charge in [-0.25, -0.2) is 4.98 Å². The van der Waals surface area contributed by atoms with Crippen LogP contribution in [0.3, 0.4) is 0 Å². The van der Waals surface area contributed by atoms with E-state index in [0.29, 0.717) is 56.7 Å². The molecule has 6 rings (SSSR count). The van der Waals surface area contributed by atoms with Gasteiger partial charge in [0, 0.05) is 37.1 Å². The standard InChI is InChI=1S/C31H36N4O6S/c36-18-19-1-3-20(4-2-19)21-5-7-24-27(13-21)40-11-9-23-6-8-26(37)28(41-23)15-33-31(39)25-14-22(34-30(24)38)16-35(25)17-29-32-10-12-42-29/h1-5,7,10,12-13,22-23,25-26,28,36-37H,6,8-9,11,14-18H2,(H,33,39)(H,34,38)/t22-,23-,25-,26-,28+/m0/s1. The van der Waals surface area contributed by atoms with Crippen LogP contribution in [0, 0.1) is 0 Å². The largest absolute Gasteiger partial charge is 0.493 e. The molecule has 2 aromatic carbocycles. The van der Waals surface area contributed by atoms with Gasteiger partial charge in [0.1, 0.15) is 16.9 Å². The molecule has 4 heterocycles. The third-order valence-corrected chi connectivity index (χ3v) is 9.08. The van der Waals surface area contributed by atoms with Gasteiger partial charge >= 0.3 is 0 Å². The number of nitrogens with zero attached hydrogens (tertiary/aromatic N) is 2. The molecule has 1 aromatic heterocycles. The number of aliphatic hydroxyl groups is 2. The number of hydrogen-bond acceptors (Lipinski definition) is 9. The number of aliphatic hydroxyl groups excluding tert-OH is 2. The zero-order valence-corrected chi connectivity index (χ0v) is 24.1. The number of benzene rings is 2. The molecule has 0 unspecified atom stereocenters. The number of nitrogens with one attached hydrogen (secondary N) is 2. The number of carbonyl (C=O) groups is 2. The fourth-order valence-corrected chi connectivity index (χ4v) is 6.64. The first-order chi connectivity index (χ1) is 20.5. The molecular weight excluding hydrogens is 556 g/mol. The lowest BCUT2D eigenvalue weighted by atomic mass is 9.99. The van der Waals surface area contributed by atoms with Crippen LogP contribution in [0.1, 0.15) is 46.6 Å². The number of rotatable bonds is 4. The van der Waals surface area contributed by atoms with Crippen molar-refractivity contribution >= 4 is 23.2 Å². The number of ether oxygens (including phenoxy) is 2. The first kappa shape index (κ1) is 28.8. The van der Waals surface area contributed by atoms with Gasteiger partial charge in [-0.3, -0.25) is 14.5 Å². The number of aromatic nitrogens is 1. The predicted molar refractivity (Wildman–Crippen MR) is 157 cm³/mol. The fraction of sp³-hybridized carbons (Fsp3) is 0.452. The van der Waals surface area contributed by atoms with E-state index in [4.69, 9.17) is 9.47 Å². The minimum atomic E-state index is -0.649. The zero-order valence-electron chi connectivity index (χ0n) is 23.3. The van der Waals surface area contributed by atoms with Crippen LogP contribution in [0.15, 0.2) is 54.0 Å². The van der Waals surface area contributed by atoms with E-state index in [2.05, 4.69) is 20.5 Å². The Labute approximate surface area is 248 Å². The Morgan fingerprint density at radius 3 is 2.69 bits per heavy atom. The summed E-state index contributed by atoms with van der Waals surface area (Å²) in [5, 5.41) is 29.0. The fourth-order valence-electron chi connectivity index (χ4n) is 6.00. The minimum Gasteiger partial charge on any atom is -0.493 e. The number of likely N-dealkylation sites (tertiary alicyclic amines) is 1. The van der Waals surface area contributed by atoms with Crippen molar-refractivity contribution < 1.29 is 29.3 Å². The summed E-state index contributed by atoms with van der Waals surface area (Å²) >= 11 is 1.53. The van der Waals surface area contributed by atoms with Crippen LogP contribution in [0.25, 0.3) is 11.1 Å². The maximum absolute atomic E-state index is 13.6. The van der Waals surface area contributed by atoms with E-state index in [1.807, 2.05) is 41.8 Å². The highest BCUT2D eigenvalue weighted by Crippen LogP contribution is 2.30. The molecule has 11 heteroatoms. The summed E-state index contributed by atoms with van der Waals surface area (Å²) < 4.78 is 12.4. The van der Waals surface area contributed by atoms with Crippen LogP contribution in [-0.2, 0) is 22.7 Å². The third kappa shape index (κ3) is 6.50. The Morgan fingerprint density at radius 2 is 1.90 bits per heavy atom. The zero-order chi connectivity index (χ0) is 29.1. The summed E-state index contributed by atoms with van der Waals surface area (Å²) in [6, 6.07) is 12.5. The molecule has 0 radical (unpaired) electrons. The third-order valence-electron chi connectivity index (χ3n) is 8.31. The first-order valence-electron chi connectivity index (χ1n) is 14.5. The van der Waals surface area contributed by atoms with Crippen LogP contribution in [0.4, 0.5) is 0 Å². The molecule has 0 aliphatic carbocycles. The Morgan fingerprint density at radius 1 is 1.07 bits per heavy atom. The molecule has 4 N–H and O–H groups in total. The molecule has 3 aliphatic heterocycles. The number of amides is 2. The number of carbonyl (C=O) groups excluding carboxylic acids is 2. The highest BCUT2D eigenvalue weighted by atomic mass is 32.1. The van der Waals surface area contributed by atoms with E-state index in [0.717, 1.165) is 21.7 Å². The van der Waals surface area contributed by atoms with Crippen molar-refractivity contribution in [3.05, 3.63) is 70.2 Å². The van der Waals surface area contributed by atoms with Crippen molar-refractivity contribution in [1.29, 1.82) is 0 Å². The Balaban J connectivity index is 1.29. The normalized spacial score (nSPS) is 27.0.